The zero-order chi connectivity index (χ0) is 20.4. The van der Waals surface area contributed by atoms with E-state index in [4.69, 9.17) is 9.30 Å². The third-order valence-electron chi connectivity index (χ3n) is 5.32. The molecule has 2 rings (SSSR count). The van der Waals surface area contributed by atoms with Crippen LogP contribution in [0.15, 0.2) is 12.1 Å². The summed E-state index contributed by atoms with van der Waals surface area (Å²) in [4.78, 5) is 26.1. The Labute approximate surface area is 165 Å². The molecule has 1 fully saturated rings. The number of rotatable bonds is 7. The average Bonchev–Trinajstić information content (AvgIpc) is 2.64. The summed E-state index contributed by atoms with van der Waals surface area (Å²) in [5.74, 6) is -0.874. The van der Waals surface area contributed by atoms with Gasteiger partial charge in [0.25, 0.3) is 0 Å². The van der Waals surface area contributed by atoms with Crippen molar-refractivity contribution < 1.29 is 18.9 Å². The number of ether oxygens (including phenoxy) is 1. The molecule has 4 nitrogen and oxygen atoms in total. The Morgan fingerprint density at radius 3 is 2.15 bits per heavy atom. The largest absolute Gasteiger partial charge is 0.465 e. The van der Waals surface area contributed by atoms with Crippen molar-refractivity contribution in [2.24, 2.45) is 11.8 Å². The van der Waals surface area contributed by atoms with Crippen LogP contribution in [0, 0.1) is 32.6 Å². The lowest BCUT2D eigenvalue weighted by Crippen LogP contribution is -2.35. The van der Waals surface area contributed by atoms with Gasteiger partial charge in [-0.1, -0.05) is 54.9 Å². The molecule has 2 unspecified atom stereocenters. The van der Waals surface area contributed by atoms with Crippen LogP contribution in [0.2, 0.25) is 0 Å². The highest BCUT2D eigenvalue weighted by Crippen LogP contribution is 2.34. The summed E-state index contributed by atoms with van der Waals surface area (Å²) in [5, 5.41) is 0. The molecule has 0 heterocycles. The second kappa shape index (κ2) is 12.0. The van der Waals surface area contributed by atoms with E-state index in [1.807, 2.05) is 32.9 Å². The van der Waals surface area contributed by atoms with E-state index in [0.29, 0.717) is 12.2 Å². The second-order valence-corrected chi connectivity index (χ2v) is 7.53. The van der Waals surface area contributed by atoms with E-state index in [9.17, 15) is 9.59 Å². The summed E-state index contributed by atoms with van der Waals surface area (Å²) in [6.07, 6.45) is 7.12. The minimum atomic E-state index is -0.641. The van der Waals surface area contributed by atoms with Gasteiger partial charge < -0.3 is 4.74 Å². The molecule has 0 bridgehead atoms. The molecule has 2 atom stereocenters. The van der Waals surface area contributed by atoms with E-state index in [-0.39, 0.29) is 17.7 Å². The minimum absolute atomic E-state index is 0.0385. The van der Waals surface area contributed by atoms with Crippen LogP contribution in [-0.4, -0.2) is 18.4 Å². The molecular weight excluding hydrogens is 359 g/mol. The molecule has 0 spiro atoms. The zero-order valence-corrected chi connectivity index (χ0v) is 18.3. The fraction of sp³-hybridized carbons (Fsp3) is 0.636. The molecule has 1 saturated carbocycles. The number of carbonyl (C=O) groups excluding carboxylic acids is 2. The summed E-state index contributed by atoms with van der Waals surface area (Å²) in [6, 6.07) is 4.06. The maximum atomic E-state index is 13.4. The molecule has 1 aliphatic carbocycles. The molecule has 0 saturated heterocycles. The Hall–Kier alpha value is -1.54. The molecular formula is C22H34O4P+. The fourth-order valence-electron chi connectivity index (χ4n) is 4.11. The number of unbranched alkanes of at least 4 members (excludes halogenated alkanes) is 1. The molecule has 5 heteroatoms. The molecule has 1 aliphatic rings. The van der Waals surface area contributed by atoms with Crippen LogP contribution in [0.1, 0.15) is 78.9 Å². The first-order valence-electron chi connectivity index (χ1n) is 9.98. The maximum Gasteiger partial charge on any atom is 0.317 e. The lowest BCUT2D eigenvalue weighted by molar-refractivity contribution is -0.148. The Morgan fingerprint density at radius 1 is 1.07 bits per heavy atom. The van der Waals surface area contributed by atoms with Crippen LogP contribution < -0.4 is 0 Å². The highest BCUT2D eigenvalue weighted by atomic mass is 31.0. The van der Waals surface area contributed by atoms with Gasteiger partial charge in [0.2, 0.25) is 0 Å². The van der Waals surface area contributed by atoms with Gasteiger partial charge in [-0.05, 0) is 57.1 Å². The van der Waals surface area contributed by atoms with E-state index >= 15 is 0 Å². The summed E-state index contributed by atoms with van der Waals surface area (Å²) in [6.45, 7) is 8.45. The number of hydrogen-bond acceptors (Lipinski definition) is 4. The molecule has 0 radical (unpaired) electrons. The molecule has 0 N–H and O–H groups in total. The standard InChI is InChI=1S/C22H32O3.H2OP/c1-5-6-12-25-22(24)20(18-10-8-7-9-11-18)21(23)19-16(3)13-15(2)14-17(19)4;1-2/h13-14,18,20H,5-12H2,1-4H3;2H2/q;+1. The molecule has 1 aromatic rings. The molecule has 27 heavy (non-hydrogen) atoms. The zero-order valence-electron chi connectivity index (χ0n) is 17.2. The van der Waals surface area contributed by atoms with Crippen molar-refractivity contribution in [3.63, 3.8) is 0 Å². The number of esters is 1. The van der Waals surface area contributed by atoms with Gasteiger partial charge in [-0.2, -0.15) is 0 Å². The predicted molar refractivity (Wildman–Crippen MR) is 111 cm³/mol. The first-order valence-corrected chi connectivity index (χ1v) is 10.4. The van der Waals surface area contributed by atoms with Crippen LogP contribution in [-0.2, 0) is 14.1 Å². The Kier molecular flexibility index (Phi) is 10.5. The summed E-state index contributed by atoms with van der Waals surface area (Å²) >= 11 is 0. The molecule has 150 valence electrons. The van der Waals surface area contributed by atoms with Gasteiger partial charge in [0.15, 0.2) is 5.78 Å². The van der Waals surface area contributed by atoms with E-state index in [1.54, 1.807) is 0 Å². The van der Waals surface area contributed by atoms with Gasteiger partial charge in [-0.15, -0.1) is 0 Å². The number of carbonyl (C=O) groups is 2. The van der Waals surface area contributed by atoms with Gasteiger partial charge in [0.05, 0.1) is 6.61 Å². The van der Waals surface area contributed by atoms with Gasteiger partial charge in [0, 0.05) is 5.56 Å². The van der Waals surface area contributed by atoms with Crippen molar-refractivity contribution in [1.29, 1.82) is 0 Å². The smallest absolute Gasteiger partial charge is 0.317 e. The molecule has 1 aromatic carbocycles. The van der Waals surface area contributed by atoms with Gasteiger partial charge in [0.1, 0.15) is 5.92 Å². The van der Waals surface area contributed by atoms with E-state index in [1.165, 1.54) is 15.5 Å². The average molecular weight is 393 g/mol. The monoisotopic (exact) mass is 393 g/mol. The van der Waals surface area contributed by atoms with Gasteiger partial charge >= 0.3 is 15.1 Å². The summed E-state index contributed by atoms with van der Waals surface area (Å²) in [5.41, 5.74) is 3.79. The number of Topliss-reactive ketones (excluding diaryl/α,β-unsaturated/α-hetero) is 1. The first kappa shape index (κ1) is 23.5. The highest BCUT2D eigenvalue weighted by molar-refractivity contribution is 7.00. The number of aryl methyl sites for hydroxylation is 3. The lowest BCUT2D eigenvalue weighted by atomic mass is 9.75. The van der Waals surface area contributed by atoms with E-state index in [2.05, 4.69) is 6.92 Å². The fourth-order valence-corrected chi connectivity index (χ4v) is 4.11. The quantitative estimate of drug-likeness (QED) is 0.201. The minimum Gasteiger partial charge on any atom is -0.465 e. The van der Waals surface area contributed by atoms with E-state index in [0.717, 1.165) is 55.2 Å². The Balaban J connectivity index is 0.00000176. The van der Waals surface area contributed by atoms with E-state index < -0.39 is 5.92 Å². The van der Waals surface area contributed by atoms with Crippen molar-refractivity contribution in [2.75, 3.05) is 6.61 Å². The number of ketones is 1. The molecule has 0 amide bonds. The predicted octanol–water partition coefficient (Wildman–Crippen LogP) is 5.54. The first-order chi connectivity index (χ1) is 13.0. The van der Waals surface area contributed by atoms with Gasteiger partial charge in [-0.3, -0.25) is 9.59 Å². The number of hydrogen-bond donors (Lipinski definition) is 0. The normalized spacial score (nSPS) is 15.4. The highest BCUT2D eigenvalue weighted by Gasteiger charge is 2.38. The van der Waals surface area contributed by atoms with Crippen molar-refractivity contribution in [2.45, 2.75) is 72.6 Å². The Morgan fingerprint density at radius 2 is 1.63 bits per heavy atom. The van der Waals surface area contributed by atoms with Crippen LogP contribution in [0.3, 0.4) is 0 Å². The lowest BCUT2D eigenvalue weighted by Gasteiger charge is -2.28. The van der Waals surface area contributed by atoms with Gasteiger partial charge in [-0.25, -0.2) is 0 Å². The maximum absolute atomic E-state index is 13.4. The van der Waals surface area contributed by atoms with Crippen molar-refractivity contribution in [1.82, 2.24) is 0 Å². The summed E-state index contributed by atoms with van der Waals surface area (Å²) < 4.78 is 13.7. The van der Waals surface area contributed by atoms with Crippen LogP contribution >= 0.6 is 9.12 Å². The van der Waals surface area contributed by atoms with Crippen LogP contribution in [0.5, 0.6) is 0 Å². The Bertz CT molecular complexity index is 612. The third-order valence-corrected chi connectivity index (χ3v) is 5.32. The van der Waals surface area contributed by atoms with Crippen LogP contribution in [0.4, 0.5) is 0 Å². The SMILES string of the molecule is CCCCOC(=O)C(C(=O)c1c(C)cc(C)cc1C)C1CCCCC1.O=[PH2+]. The summed E-state index contributed by atoms with van der Waals surface area (Å²) in [7, 11) is 1.17. The molecule has 0 aromatic heterocycles. The van der Waals surface area contributed by atoms with Crippen molar-refractivity contribution >= 4 is 20.9 Å². The van der Waals surface area contributed by atoms with Crippen molar-refractivity contribution in [3.05, 3.63) is 34.4 Å². The molecule has 0 aliphatic heterocycles. The number of benzene rings is 1. The van der Waals surface area contributed by atoms with Crippen LogP contribution in [0.25, 0.3) is 0 Å². The second-order valence-electron chi connectivity index (χ2n) is 7.53. The third kappa shape index (κ3) is 6.53. The topological polar surface area (TPSA) is 60.4 Å². The van der Waals surface area contributed by atoms with Crippen molar-refractivity contribution in [3.8, 4) is 0 Å².